The number of amides is 1. The number of benzene rings is 1. The number of sulfonamides is 1. The van der Waals surface area contributed by atoms with Gasteiger partial charge in [-0.05, 0) is 50.6 Å². The van der Waals surface area contributed by atoms with Crippen LogP contribution in [0.4, 0.5) is 0 Å². The molecule has 5 rings (SSSR count). The second-order valence-electron chi connectivity index (χ2n) is 10.2. The van der Waals surface area contributed by atoms with Crippen molar-refractivity contribution in [1.82, 2.24) is 19.7 Å². The molecule has 36 heavy (non-hydrogen) atoms. The van der Waals surface area contributed by atoms with E-state index in [4.69, 9.17) is 9.26 Å². The molecule has 1 aromatic heterocycles. The van der Waals surface area contributed by atoms with Gasteiger partial charge in [0, 0.05) is 43.7 Å². The van der Waals surface area contributed by atoms with Crippen molar-refractivity contribution in [2.45, 2.75) is 56.5 Å². The van der Waals surface area contributed by atoms with Gasteiger partial charge in [0.2, 0.25) is 10.0 Å². The first-order chi connectivity index (χ1) is 17.5. The van der Waals surface area contributed by atoms with Crippen molar-refractivity contribution in [1.29, 1.82) is 0 Å². The Bertz CT molecular complexity index is 1110. The largest absolute Gasteiger partial charge is 0.379 e. The van der Waals surface area contributed by atoms with Crippen molar-refractivity contribution in [3.63, 3.8) is 0 Å². The number of hydrogen-bond acceptors (Lipinski definition) is 7. The van der Waals surface area contributed by atoms with Crippen molar-refractivity contribution < 1.29 is 22.5 Å². The average Bonchev–Trinajstić information content (AvgIpc) is 3.61. The molecule has 0 radical (unpaired) electrons. The number of piperidine rings is 1. The highest BCUT2D eigenvalue weighted by atomic mass is 32.2. The van der Waals surface area contributed by atoms with Crippen molar-refractivity contribution >= 4 is 15.9 Å². The van der Waals surface area contributed by atoms with Crippen LogP contribution in [0.2, 0.25) is 0 Å². The Morgan fingerprint density at radius 2 is 1.86 bits per heavy atom. The number of nitrogens with one attached hydrogen (secondary N) is 1. The van der Waals surface area contributed by atoms with Gasteiger partial charge in [-0.15, -0.1) is 0 Å². The summed E-state index contributed by atoms with van der Waals surface area (Å²) in [7, 11) is -3.42. The highest BCUT2D eigenvalue weighted by molar-refractivity contribution is 7.89. The Labute approximate surface area is 213 Å². The standard InChI is InChI=1S/C26H36N4O5S/c31-26(24-19-25(35-28-24)21-7-8-21)27-22-9-11-30(23(18-22)17-20-5-2-1-3-6-20)36(32,33)16-4-10-29-12-14-34-15-13-29/h1-3,5-6,19,21-23H,4,7-18H2,(H,27,31)/t22-,23+/m1/s1. The van der Waals surface area contributed by atoms with E-state index in [2.05, 4.69) is 15.4 Å². The Morgan fingerprint density at radius 3 is 2.61 bits per heavy atom. The van der Waals surface area contributed by atoms with E-state index >= 15 is 0 Å². The number of morpholine rings is 1. The predicted molar refractivity (Wildman–Crippen MR) is 135 cm³/mol. The molecule has 2 saturated heterocycles. The van der Waals surface area contributed by atoms with Crippen molar-refractivity contribution in [2.24, 2.45) is 0 Å². The Morgan fingerprint density at radius 1 is 1.08 bits per heavy atom. The van der Waals surface area contributed by atoms with Gasteiger partial charge in [-0.3, -0.25) is 9.69 Å². The summed E-state index contributed by atoms with van der Waals surface area (Å²) in [5.41, 5.74) is 1.39. The molecule has 10 heteroatoms. The Balaban J connectivity index is 1.22. The molecule has 9 nitrogen and oxygen atoms in total. The molecular formula is C26H36N4O5S. The summed E-state index contributed by atoms with van der Waals surface area (Å²) >= 11 is 0. The third-order valence-electron chi connectivity index (χ3n) is 7.39. The molecule has 2 aliphatic heterocycles. The molecule has 1 N–H and O–H groups in total. The van der Waals surface area contributed by atoms with E-state index < -0.39 is 10.0 Å². The molecule has 1 aliphatic carbocycles. The minimum absolute atomic E-state index is 0.118. The fourth-order valence-corrected chi connectivity index (χ4v) is 6.95. The SMILES string of the molecule is O=C(N[C@@H]1CCN(S(=O)(=O)CCCN2CCOCC2)[C@@H](Cc2ccccc2)C1)c1cc(C2CC2)on1. The van der Waals surface area contributed by atoms with Gasteiger partial charge in [0.1, 0.15) is 5.76 Å². The van der Waals surface area contributed by atoms with Crippen LogP contribution in [0.3, 0.4) is 0 Å². The van der Waals surface area contributed by atoms with E-state index in [-0.39, 0.29) is 23.7 Å². The minimum atomic E-state index is -3.42. The second kappa shape index (κ2) is 11.4. The average molecular weight is 517 g/mol. The summed E-state index contributed by atoms with van der Waals surface area (Å²) < 4.78 is 39.3. The lowest BCUT2D eigenvalue weighted by Gasteiger charge is -2.39. The monoisotopic (exact) mass is 516 g/mol. The highest BCUT2D eigenvalue weighted by Gasteiger charge is 2.37. The summed E-state index contributed by atoms with van der Waals surface area (Å²) in [6, 6.07) is 11.4. The number of ether oxygens (including phenoxy) is 1. The van der Waals surface area contributed by atoms with Crippen molar-refractivity contribution in [2.75, 3.05) is 45.1 Å². The quantitative estimate of drug-likeness (QED) is 0.517. The van der Waals surface area contributed by atoms with Crippen LogP contribution in [-0.2, 0) is 21.2 Å². The van der Waals surface area contributed by atoms with Crippen LogP contribution in [0, 0.1) is 0 Å². The van der Waals surface area contributed by atoms with Gasteiger partial charge >= 0.3 is 0 Å². The molecule has 1 saturated carbocycles. The summed E-state index contributed by atoms with van der Waals surface area (Å²) in [5, 5.41) is 7.03. The fourth-order valence-electron chi connectivity index (χ4n) is 5.23. The lowest BCUT2D eigenvalue weighted by molar-refractivity contribution is 0.0380. The van der Waals surface area contributed by atoms with Crippen LogP contribution in [0.25, 0.3) is 0 Å². The second-order valence-corrected chi connectivity index (χ2v) is 12.2. The smallest absolute Gasteiger partial charge is 0.273 e. The lowest BCUT2D eigenvalue weighted by atomic mass is 9.94. The number of nitrogens with zero attached hydrogens (tertiary/aromatic N) is 3. The van der Waals surface area contributed by atoms with Gasteiger partial charge in [0.15, 0.2) is 5.69 Å². The first-order valence-corrected chi connectivity index (χ1v) is 14.7. The van der Waals surface area contributed by atoms with Crippen LogP contribution in [0.15, 0.2) is 40.9 Å². The highest BCUT2D eigenvalue weighted by Crippen LogP contribution is 2.40. The van der Waals surface area contributed by atoms with Gasteiger partial charge in [0.05, 0.1) is 19.0 Å². The number of rotatable bonds is 10. The van der Waals surface area contributed by atoms with Crippen LogP contribution in [0.1, 0.15) is 59.8 Å². The van der Waals surface area contributed by atoms with Gasteiger partial charge in [-0.1, -0.05) is 35.5 Å². The molecule has 0 unspecified atom stereocenters. The molecule has 2 atom stereocenters. The summed E-state index contributed by atoms with van der Waals surface area (Å²) in [5.74, 6) is 1.05. The number of carbonyl (C=O) groups is 1. The first-order valence-electron chi connectivity index (χ1n) is 13.1. The third-order valence-corrected chi connectivity index (χ3v) is 9.39. The van der Waals surface area contributed by atoms with Crippen molar-refractivity contribution in [3.8, 4) is 0 Å². The number of carbonyl (C=O) groups excluding carboxylic acids is 1. The van der Waals surface area contributed by atoms with Gasteiger partial charge < -0.3 is 14.6 Å². The minimum Gasteiger partial charge on any atom is -0.379 e. The maximum atomic E-state index is 13.4. The Hall–Kier alpha value is -2.27. The molecule has 1 amide bonds. The molecule has 3 heterocycles. The molecule has 0 spiro atoms. The third kappa shape index (κ3) is 6.53. The molecular weight excluding hydrogens is 480 g/mol. The predicted octanol–water partition coefficient (Wildman–Crippen LogP) is 2.41. The van der Waals surface area contributed by atoms with Gasteiger partial charge in [-0.2, -0.15) is 4.31 Å². The van der Waals surface area contributed by atoms with E-state index in [1.54, 1.807) is 10.4 Å². The molecule has 0 bridgehead atoms. The van der Waals surface area contributed by atoms with Gasteiger partial charge in [-0.25, -0.2) is 8.42 Å². The lowest BCUT2D eigenvalue weighted by Crippen LogP contribution is -2.53. The zero-order chi connectivity index (χ0) is 25.0. The molecule has 1 aromatic carbocycles. The summed E-state index contributed by atoms with van der Waals surface area (Å²) in [6.07, 6.45) is 4.52. The van der Waals surface area contributed by atoms with Gasteiger partial charge in [0.25, 0.3) is 5.91 Å². The van der Waals surface area contributed by atoms with Crippen LogP contribution >= 0.6 is 0 Å². The summed E-state index contributed by atoms with van der Waals surface area (Å²) in [6.45, 7) is 4.29. The molecule has 196 valence electrons. The molecule has 3 fully saturated rings. The molecule has 3 aliphatic rings. The van der Waals surface area contributed by atoms with E-state index in [0.717, 1.165) is 43.8 Å². The zero-order valence-electron chi connectivity index (χ0n) is 20.7. The number of hydrogen-bond donors (Lipinski definition) is 1. The maximum Gasteiger partial charge on any atom is 0.273 e. The topological polar surface area (TPSA) is 105 Å². The molecule has 2 aromatic rings. The maximum absolute atomic E-state index is 13.4. The zero-order valence-corrected chi connectivity index (χ0v) is 21.5. The summed E-state index contributed by atoms with van der Waals surface area (Å²) in [4.78, 5) is 15.1. The van der Waals surface area contributed by atoms with Crippen molar-refractivity contribution in [3.05, 3.63) is 53.4 Å². The van der Waals surface area contributed by atoms with E-state index in [9.17, 15) is 13.2 Å². The van der Waals surface area contributed by atoms with E-state index in [1.807, 2.05) is 30.3 Å². The Kier molecular flexibility index (Phi) is 8.05. The first kappa shape index (κ1) is 25.4. The van der Waals surface area contributed by atoms with E-state index in [1.165, 1.54) is 0 Å². The fraction of sp³-hybridized carbons (Fsp3) is 0.615. The van der Waals surface area contributed by atoms with Crippen LogP contribution in [0.5, 0.6) is 0 Å². The number of aromatic nitrogens is 1. The normalized spacial score (nSPS) is 24.0. The van der Waals surface area contributed by atoms with Crippen LogP contribution in [-0.4, -0.2) is 85.9 Å². The van der Waals surface area contributed by atoms with Crippen LogP contribution < -0.4 is 5.32 Å². The van der Waals surface area contributed by atoms with E-state index in [0.29, 0.717) is 57.1 Å².